The number of hydrogen-bond acceptors (Lipinski definition) is 2. The predicted octanol–water partition coefficient (Wildman–Crippen LogP) is 1.48. The molecule has 0 radical (unpaired) electrons. The third-order valence-electron chi connectivity index (χ3n) is 2.82. The van der Waals surface area contributed by atoms with Gasteiger partial charge in [-0.25, -0.2) is 0 Å². The predicted molar refractivity (Wildman–Crippen MR) is 56.1 cm³/mol. The number of pyridine rings is 1. The van der Waals surface area contributed by atoms with Crippen LogP contribution in [0.3, 0.4) is 0 Å². The summed E-state index contributed by atoms with van der Waals surface area (Å²) in [5.41, 5.74) is 7.81. The smallest absolute Gasteiger partial charge is 0.250 e. The van der Waals surface area contributed by atoms with Gasteiger partial charge in [-0.3, -0.25) is 4.79 Å². The maximum Gasteiger partial charge on any atom is 0.250 e. The molecule has 0 amide bonds. The Labute approximate surface area is 83.3 Å². The van der Waals surface area contributed by atoms with E-state index >= 15 is 0 Å². The second-order valence-corrected chi connectivity index (χ2v) is 4.23. The summed E-state index contributed by atoms with van der Waals surface area (Å²) < 4.78 is 0. The number of H-pyrrole nitrogens is 1. The Balaban J connectivity index is 2.13. The van der Waals surface area contributed by atoms with Crippen molar-refractivity contribution in [1.29, 1.82) is 0 Å². The van der Waals surface area contributed by atoms with Crippen molar-refractivity contribution in [3.8, 4) is 0 Å². The molecule has 1 fully saturated rings. The second-order valence-electron chi connectivity index (χ2n) is 4.23. The Bertz CT molecular complexity index is 379. The van der Waals surface area contributed by atoms with E-state index in [1.807, 2.05) is 13.0 Å². The monoisotopic (exact) mass is 192 g/mol. The van der Waals surface area contributed by atoms with E-state index in [0.29, 0.717) is 0 Å². The molecule has 3 N–H and O–H groups in total. The summed E-state index contributed by atoms with van der Waals surface area (Å²) in [6.45, 7) is 1.81. The van der Waals surface area contributed by atoms with Crippen LogP contribution in [0.25, 0.3) is 0 Å². The zero-order chi connectivity index (χ0) is 10.1. The first-order valence-corrected chi connectivity index (χ1v) is 5.11. The van der Waals surface area contributed by atoms with Gasteiger partial charge >= 0.3 is 0 Å². The van der Waals surface area contributed by atoms with Gasteiger partial charge in [-0.1, -0.05) is 12.8 Å². The molecule has 0 bridgehead atoms. The van der Waals surface area contributed by atoms with Crippen molar-refractivity contribution in [1.82, 2.24) is 4.98 Å². The zero-order valence-corrected chi connectivity index (χ0v) is 8.42. The van der Waals surface area contributed by atoms with Crippen molar-refractivity contribution in [2.75, 3.05) is 0 Å². The van der Waals surface area contributed by atoms with Crippen LogP contribution in [0, 0.1) is 12.8 Å². The highest BCUT2D eigenvalue weighted by molar-refractivity contribution is 5.20. The van der Waals surface area contributed by atoms with Crippen molar-refractivity contribution in [3.05, 3.63) is 33.7 Å². The minimum Gasteiger partial charge on any atom is -0.329 e. The van der Waals surface area contributed by atoms with Crippen LogP contribution >= 0.6 is 0 Å². The molecule has 0 aromatic carbocycles. The van der Waals surface area contributed by atoms with E-state index in [1.54, 1.807) is 6.20 Å². The van der Waals surface area contributed by atoms with Gasteiger partial charge in [0.1, 0.15) is 0 Å². The average Bonchev–Trinajstić information content (AvgIpc) is 2.93. The van der Waals surface area contributed by atoms with E-state index in [9.17, 15) is 4.79 Å². The average molecular weight is 192 g/mol. The largest absolute Gasteiger partial charge is 0.329 e. The third kappa shape index (κ3) is 2.04. The van der Waals surface area contributed by atoms with Gasteiger partial charge in [0.05, 0.1) is 0 Å². The number of rotatable bonds is 3. The van der Waals surface area contributed by atoms with Crippen LogP contribution in [0.15, 0.2) is 17.1 Å². The molecule has 0 spiro atoms. The molecule has 0 aliphatic heterocycles. The van der Waals surface area contributed by atoms with Gasteiger partial charge in [-0.15, -0.1) is 0 Å². The number of nitrogens with one attached hydrogen (secondary N) is 1. The van der Waals surface area contributed by atoms with Gasteiger partial charge in [0, 0.05) is 17.8 Å². The lowest BCUT2D eigenvalue weighted by atomic mass is 10.0. The summed E-state index contributed by atoms with van der Waals surface area (Å²) in [5.74, 6) is 0.817. The number of aromatic nitrogens is 1. The fourth-order valence-corrected chi connectivity index (χ4v) is 1.68. The van der Waals surface area contributed by atoms with Crippen molar-refractivity contribution < 1.29 is 0 Å². The molecular weight excluding hydrogens is 176 g/mol. The Kier molecular flexibility index (Phi) is 2.42. The lowest BCUT2D eigenvalue weighted by Crippen LogP contribution is -2.16. The highest BCUT2D eigenvalue weighted by Crippen LogP contribution is 2.36. The summed E-state index contributed by atoms with van der Waals surface area (Å²) in [5, 5.41) is 0. The maximum atomic E-state index is 11.1. The molecule has 14 heavy (non-hydrogen) atoms. The van der Waals surface area contributed by atoms with Gasteiger partial charge in [0.15, 0.2) is 0 Å². The van der Waals surface area contributed by atoms with Crippen LogP contribution in [-0.2, 0) is 0 Å². The molecule has 1 unspecified atom stereocenters. The molecule has 1 aliphatic carbocycles. The third-order valence-corrected chi connectivity index (χ3v) is 2.82. The molecule has 3 heteroatoms. The van der Waals surface area contributed by atoms with E-state index in [0.717, 1.165) is 23.5 Å². The molecular formula is C11H16N2O. The van der Waals surface area contributed by atoms with Crippen molar-refractivity contribution in [2.45, 2.75) is 32.2 Å². The highest BCUT2D eigenvalue weighted by atomic mass is 16.1. The molecule has 1 saturated carbocycles. The van der Waals surface area contributed by atoms with E-state index in [2.05, 4.69) is 4.98 Å². The van der Waals surface area contributed by atoms with Gasteiger partial charge in [-0.2, -0.15) is 0 Å². The highest BCUT2D eigenvalue weighted by Gasteiger charge is 2.24. The first-order valence-electron chi connectivity index (χ1n) is 5.11. The summed E-state index contributed by atoms with van der Waals surface area (Å²) in [6.07, 6.45) is 5.42. The quantitative estimate of drug-likeness (QED) is 0.762. The lowest BCUT2D eigenvalue weighted by molar-refractivity contribution is 0.594. The maximum absolute atomic E-state index is 11.1. The molecule has 1 aromatic rings. The SMILES string of the molecule is Cc1cc(C(N)CC2CC2)c[nH]c1=O. The molecule has 1 aliphatic rings. The number of aryl methyl sites for hydroxylation is 1. The topological polar surface area (TPSA) is 58.9 Å². The molecule has 1 aromatic heterocycles. The van der Waals surface area contributed by atoms with Crippen molar-refractivity contribution in [3.63, 3.8) is 0 Å². The molecule has 1 heterocycles. The number of aromatic amines is 1. The fraction of sp³-hybridized carbons (Fsp3) is 0.545. The summed E-state index contributed by atoms with van der Waals surface area (Å²) >= 11 is 0. The summed E-state index contributed by atoms with van der Waals surface area (Å²) in [7, 11) is 0. The Morgan fingerprint density at radius 1 is 1.64 bits per heavy atom. The Hall–Kier alpha value is -1.09. The molecule has 76 valence electrons. The fourth-order valence-electron chi connectivity index (χ4n) is 1.68. The van der Waals surface area contributed by atoms with Gasteiger partial charge in [-0.05, 0) is 30.9 Å². The van der Waals surface area contributed by atoms with E-state index in [1.165, 1.54) is 12.8 Å². The lowest BCUT2D eigenvalue weighted by Gasteiger charge is -2.11. The minimum absolute atomic E-state index is 0.0210. The molecule has 0 saturated heterocycles. The van der Waals surface area contributed by atoms with E-state index < -0.39 is 0 Å². The normalized spacial score (nSPS) is 18.1. The standard InChI is InChI=1S/C11H16N2O/c1-7-4-9(6-13-11(7)14)10(12)5-8-2-3-8/h4,6,8,10H,2-3,5,12H2,1H3,(H,13,14). The first-order chi connectivity index (χ1) is 6.66. The number of nitrogens with two attached hydrogens (primary N) is 1. The Morgan fingerprint density at radius 2 is 2.36 bits per heavy atom. The van der Waals surface area contributed by atoms with E-state index in [-0.39, 0.29) is 11.6 Å². The van der Waals surface area contributed by atoms with Crippen LogP contribution < -0.4 is 11.3 Å². The van der Waals surface area contributed by atoms with Crippen molar-refractivity contribution >= 4 is 0 Å². The number of hydrogen-bond donors (Lipinski definition) is 2. The summed E-state index contributed by atoms with van der Waals surface area (Å²) in [6, 6.07) is 1.98. The van der Waals surface area contributed by atoms with Crippen LogP contribution in [0.4, 0.5) is 0 Å². The van der Waals surface area contributed by atoms with Gasteiger partial charge < -0.3 is 10.7 Å². The van der Waals surface area contributed by atoms with Crippen LogP contribution in [0.2, 0.25) is 0 Å². The van der Waals surface area contributed by atoms with Crippen LogP contribution in [0.5, 0.6) is 0 Å². The minimum atomic E-state index is -0.0210. The zero-order valence-electron chi connectivity index (χ0n) is 8.42. The van der Waals surface area contributed by atoms with Crippen LogP contribution in [-0.4, -0.2) is 4.98 Å². The second kappa shape index (κ2) is 3.58. The Morgan fingerprint density at radius 3 is 2.93 bits per heavy atom. The van der Waals surface area contributed by atoms with Gasteiger partial charge in [0.25, 0.3) is 5.56 Å². The van der Waals surface area contributed by atoms with E-state index in [4.69, 9.17) is 5.73 Å². The molecule has 3 nitrogen and oxygen atoms in total. The van der Waals surface area contributed by atoms with Crippen LogP contribution in [0.1, 0.15) is 36.4 Å². The van der Waals surface area contributed by atoms with Gasteiger partial charge in [0.2, 0.25) is 0 Å². The molecule has 2 rings (SSSR count). The molecule has 1 atom stereocenters. The summed E-state index contributed by atoms with van der Waals surface area (Å²) in [4.78, 5) is 13.8. The first kappa shape index (κ1) is 9.46. The van der Waals surface area contributed by atoms with Crippen molar-refractivity contribution in [2.24, 2.45) is 11.7 Å².